The average molecular weight is 385 g/mol. The molecule has 2 aromatic carbocycles. The van der Waals surface area contributed by atoms with E-state index in [1.807, 2.05) is 42.5 Å². The third-order valence-corrected chi connectivity index (χ3v) is 4.49. The fourth-order valence-electron chi connectivity index (χ4n) is 2.55. The third kappa shape index (κ3) is 2.42. The van der Waals surface area contributed by atoms with Crippen molar-refractivity contribution < 1.29 is 8.83 Å². The fourth-order valence-corrected chi connectivity index (χ4v) is 3.08. The van der Waals surface area contributed by atoms with Crippen molar-refractivity contribution in [1.82, 2.24) is 0 Å². The Balaban J connectivity index is 2.10. The highest BCUT2D eigenvalue weighted by Crippen LogP contribution is 2.29. The SMILES string of the molecule is O=c1oc2ccccc2c2oc(=S)c(-c3ccc(Br)cc3)cc12. The summed E-state index contributed by atoms with van der Waals surface area (Å²) in [5, 5.41) is 1.12. The molecule has 3 nitrogen and oxygen atoms in total. The van der Waals surface area contributed by atoms with Crippen LogP contribution in [0.2, 0.25) is 0 Å². The van der Waals surface area contributed by atoms with Gasteiger partial charge in [-0.2, -0.15) is 0 Å². The summed E-state index contributed by atoms with van der Waals surface area (Å²) < 4.78 is 12.5. The molecule has 0 amide bonds. The number of hydrogen-bond acceptors (Lipinski definition) is 4. The van der Waals surface area contributed by atoms with E-state index in [1.165, 1.54) is 0 Å². The Morgan fingerprint density at radius 2 is 1.65 bits per heavy atom. The normalized spacial score (nSPS) is 11.2. The van der Waals surface area contributed by atoms with E-state index < -0.39 is 5.63 Å². The summed E-state index contributed by atoms with van der Waals surface area (Å²) in [6.45, 7) is 0. The zero-order chi connectivity index (χ0) is 16.0. The van der Waals surface area contributed by atoms with Crippen LogP contribution in [0.5, 0.6) is 0 Å². The summed E-state index contributed by atoms with van der Waals surface area (Å²) in [4.78, 5) is 12.3. The highest BCUT2D eigenvalue weighted by Gasteiger charge is 2.12. The summed E-state index contributed by atoms with van der Waals surface area (Å²) in [5.41, 5.74) is 2.09. The van der Waals surface area contributed by atoms with Gasteiger partial charge in [0.15, 0.2) is 10.3 Å². The third-order valence-electron chi connectivity index (χ3n) is 3.66. The molecule has 0 spiro atoms. The average Bonchev–Trinajstić information content (AvgIpc) is 2.55. The Hall–Kier alpha value is -2.24. The van der Waals surface area contributed by atoms with Crippen molar-refractivity contribution in [3.05, 3.63) is 74.2 Å². The van der Waals surface area contributed by atoms with Crippen LogP contribution in [0.15, 0.2) is 72.7 Å². The van der Waals surface area contributed by atoms with Gasteiger partial charge >= 0.3 is 5.63 Å². The quantitative estimate of drug-likeness (QED) is 0.240. The molecule has 0 saturated heterocycles. The zero-order valence-electron chi connectivity index (χ0n) is 11.7. The van der Waals surface area contributed by atoms with Crippen LogP contribution in [0.3, 0.4) is 0 Å². The Morgan fingerprint density at radius 3 is 2.43 bits per heavy atom. The van der Waals surface area contributed by atoms with Crippen LogP contribution < -0.4 is 5.63 Å². The molecule has 0 aliphatic rings. The van der Waals surface area contributed by atoms with Crippen molar-refractivity contribution in [1.29, 1.82) is 0 Å². The van der Waals surface area contributed by atoms with Crippen molar-refractivity contribution in [2.75, 3.05) is 0 Å². The highest BCUT2D eigenvalue weighted by molar-refractivity contribution is 9.10. The molecule has 0 unspecified atom stereocenters. The lowest BCUT2D eigenvalue weighted by molar-refractivity contribution is 0.554. The van der Waals surface area contributed by atoms with Crippen LogP contribution in [0, 0.1) is 4.71 Å². The van der Waals surface area contributed by atoms with E-state index in [0.717, 1.165) is 15.4 Å². The number of benzene rings is 2. The molecule has 0 bridgehead atoms. The molecule has 0 aliphatic heterocycles. The maximum Gasteiger partial charge on any atom is 0.347 e. The van der Waals surface area contributed by atoms with E-state index in [0.29, 0.717) is 26.8 Å². The summed E-state index contributed by atoms with van der Waals surface area (Å²) in [7, 11) is 0. The Morgan fingerprint density at radius 1 is 0.913 bits per heavy atom. The van der Waals surface area contributed by atoms with Gasteiger partial charge in [0, 0.05) is 10.0 Å². The Labute approximate surface area is 144 Å². The monoisotopic (exact) mass is 384 g/mol. The zero-order valence-corrected chi connectivity index (χ0v) is 14.1. The second kappa shape index (κ2) is 5.44. The first kappa shape index (κ1) is 14.4. The van der Waals surface area contributed by atoms with Gasteiger partial charge in [0.2, 0.25) is 0 Å². The molecule has 0 N–H and O–H groups in total. The Kier molecular flexibility index (Phi) is 3.39. The lowest BCUT2D eigenvalue weighted by atomic mass is 10.1. The van der Waals surface area contributed by atoms with E-state index in [4.69, 9.17) is 21.1 Å². The minimum atomic E-state index is -0.434. The molecule has 0 aliphatic carbocycles. The standard InChI is InChI=1S/C18H9BrO3S/c19-11-7-5-10(6-8-11)13-9-14-16(22-18(13)23)12-3-1-2-4-15(12)21-17(14)20/h1-9H. The second-order valence-electron chi connectivity index (χ2n) is 5.08. The maximum absolute atomic E-state index is 12.3. The van der Waals surface area contributed by atoms with Gasteiger partial charge in [-0.25, -0.2) is 4.79 Å². The molecule has 112 valence electrons. The minimum Gasteiger partial charge on any atom is -0.444 e. The molecule has 5 heteroatoms. The molecule has 2 aromatic heterocycles. The molecule has 4 aromatic rings. The maximum atomic E-state index is 12.3. The predicted octanol–water partition coefficient (Wildman–Crippen LogP) is 5.70. The number of para-hydroxylation sites is 1. The minimum absolute atomic E-state index is 0.343. The van der Waals surface area contributed by atoms with Gasteiger partial charge < -0.3 is 8.83 Å². The predicted molar refractivity (Wildman–Crippen MR) is 96.2 cm³/mol. The molecular weight excluding hydrogens is 376 g/mol. The van der Waals surface area contributed by atoms with Gasteiger partial charge in [-0.1, -0.05) is 40.2 Å². The highest BCUT2D eigenvalue weighted by atomic mass is 79.9. The number of halogens is 1. The second-order valence-corrected chi connectivity index (χ2v) is 6.37. The molecule has 0 saturated carbocycles. The molecule has 2 heterocycles. The van der Waals surface area contributed by atoms with E-state index in [2.05, 4.69) is 15.9 Å². The number of fused-ring (bicyclic) bond motifs is 3. The van der Waals surface area contributed by atoms with Gasteiger partial charge in [0.25, 0.3) is 0 Å². The van der Waals surface area contributed by atoms with E-state index in [-0.39, 0.29) is 0 Å². The lowest BCUT2D eigenvalue weighted by Crippen LogP contribution is -2.00. The van der Waals surface area contributed by atoms with Gasteiger partial charge in [-0.3, -0.25) is 0 Å². The first-order chi connectivity index (χ1) is 11.1. The van der Waals surface area contributed by atoms with Crippen molar-refractivity contribution in [2.45, 2.75) is 0 Å². The first-order valence-corrected chi connectivity index (χ1v) is 8.09. The van der Waals surface area contributed by atoms with Crippen LogP contribution in [0.1, 0.15) is 0 Å². The van der Waals surface area contributed by atoms with Crippen molar-refractivity contribution in [2.24, 2.45) is 0 Å². The molecule has 0 radical (unpaired) electrons. The molecule has 23 heavy (non-hydrogen) atoms. The lowest BCUT2D eigenvalue weighted by Gasteiger charge is -2.05. The fraction of sp³-hybridized carbons (Fsp3) is 0. The summed E-state index contributed by atoms with van der Waals surface area (Å²) >= 11 is 8.79. The molecule has 0 fully saturated rings. The first-order valence-electron chi connectivity index (χ1n) is 6.89. The van der Waals surface area contributed by atoms with Gasteiger partial charge in [-0.15, -0.1) is 0 Å². The van der Waals surface area contributed by atoms with Crippen molar-refractivity contribution >= 4 is 50.1 Å². The summed E-state index contributed by atoms with van der Waals surface area (Å²) in [6, 6.07) is 16.6. The van der Waals surface area contributed by atoms with Gasteiger partial charge in [-0.05, 0) is 48.1 Å². The Bertz CT molecular complexity index is 1160. The van der Waals surface area contributed by atoms with Gasteiger partial charge in [0.05, 0.1) is 5.39 Å². The van der Waals surface area contributed by atoms with E-state index in [1.54, 1.807) is 12.1 Å². The van der Waals surface area contributed by atoms with E-state index >= 15 is 0 Å². The largest absolute Gasteiger partial charge is 0.444 e. The van der Waals surface area contributed by atoms with Crippen LogP contribution in [-0.4, -0.2) is 0 Å². The number of hydrogen-bond donors (Lipinski definition) is 0. The molecule has 4 rings (SSSR count). The van der Waals surface area contributed by atoms with Crippen LogP contribution in [-0.2, 0) is 0 Å². The molecule has 0 atom stereocenters. The summed E-state index contributed by atoms with van der Waals surface area (Å²) in [5.74, 6) is 0. The van der Waals surface area contributed by atoms with Crippen LogP contribution in [0.25, 0.3) is 33.1 Å². The smallest absolute Gasteiger partial charge is 0.347 e. The van der Waals surface area contributed by atoms with E-state index in [9.17, 15) is 4.79 Å². The van der Waals surface area contributed by atoms with Crippen LogP contribution in [0.4, 0.5) is 0 Å². The van der Waals surface area contributed by atoms with Crippen molar-refractivity contribution in [3.63, 3.8) is 0 Å². The summed E-state index contributed by atoms with van der Waals surface area (Å²) in [6.07, 6.45) is 0. The van der Waals surface area contributed by atoms with Crippen molar-refractivity contribution in [3.8, 4) is 11.1 Å². The van der Waals surface area contributed by atoms with Gasteiger partial charge in [0.1, 0.15) is 11.0 Å². The van der Waals surface area contributed by atoms with Crippen LogP contribution >= 0.6 is 28.1 Å². The molecular formula is C18H9BrO3S. The number of rotatable bonds is 1. The topological polar surface area (TPSA) is 43.4 Å².